The maximum atomic E-state index is 12.7. The highest BCUT2D eigenvalue weighted by molar-refractivity contribution is 6.07. The first-order valence-electron chi connectivity index (χ1n) is 15.3. The van der Waals surface area contributed by atoms with Gasteiger partial charge in [-0.05, 0) is 42.3 Å². The Morgan fingerprint density at radius 1 is 0.650 bits per heavy atom. The Bertz CT molecular complexity index is 1000. The molecule has 0 amide bonds. The molecule has 0 radical (unpaired) electrons. The minimum atomic E-state index is -0.252. The molecule has 5 heteroatoms. The SMILES string of the molecule is CCCCCCCCCCCCCCCCCC(=O)Oc1cccc(C(=O)/C=C/c2cc(OC)cc(OC)c2)c1. The van der Waals surface area contributed by atoms with Gasteiger partial charge >= 0.3 is 5.97 Å². The molecule has 0 aliphatic rings. The van der Waals surface area contributed by atoms with Crippen LogP contribution in [0.5, 0.6) is 17.2 Å². The molecule has 0 heterocycles. The maximum absolute atomic E-state index is 12.7. The van der Waals surface area contributed by atoms with Crippen LogP contribution in [0.3, 0.4) is 0 Å². The Kier molecular flexibility index (Phi) is 17.2. The molecule has 40 heavy (non-hydrogen) atoms. The largest absolute Gasteiger partial charge is 0.497 e. The summed E-state index contributed by atoms with van der Waals surface area (Å²) in [6.07, 6.45) is 23.0. The van der Waals surface area contributed by atoms with Gasteiger partial charge in [0.1, 0.15) is 17.2 Å². The van der Waals surface area contributed by atoms with Crippen molar-refractivity contribution in [2.24, 2.45) is 0 Å². The Morgan fingerprint density at radius 2 is 1.18 bits per heavy atom. The van der Waals surface area contributed by atoms with Crippen LogP contribution < -0.4 is 14.2 Å². The number of carbonyl (C=O) groups is 2. The number of rotatable bonds is 22. The number of hydrogen-bond acceptors (Lipinski definition) is 5. The predicted molar refractivity (Wildman–Crippen MR) is 165 cm³/mol. The first-order chi connectivity index (χ1) is 19.5. The lowest BCUT2D eigenvalue weighted by molar-refractivity contribution is -0.134. The van der Waals surface area contributed by atoms with Gasteiger partial charge in [-0.25, -0.2) is 0 Å². The van der Waals surface area contributed by atoms with E-state index in [4.69, 9.17) is 14.2 Å². The average Bonchev–Trinajstić information content (AvgIpc) is 2.97. The molecule has 0 aliphatic carbocycles. The van der Waals surface area contributed by atoms with E-state index in [9.17, 15) is 9.59 Å². The van der Waals surface area contributed by atoms with Crippen LogP contribution in [-0.2, 0) is 4.79 Å². The van der Waals surface area contributed by atoms with Crippen molar-refractivity contribution < 1.29 is 23.8 Å². The van der Waals surface area contributed by atoms with E-state index in [1.807, 2.05) is 12.1 Å². The molecule has 0 aliphatic heterocycles. The molecule has 0 bridgehead atoms. The van der Waals surface area contributed by atoms with E-state index < -0.39 is 0 Å². The zero-order valence-corrected chi connectivity index (χ0v) is 25.1. The second-order valence-electron chi connectivity index (χ2n) is 10.5. The third-order valence-electron chi connectivity index (χ3n) is 7.14. The summed E-state index contributed by atoms with van der Waals surface area (Å²) >= 11 is 0. The highest BCUT2D eigenvalue weighted by Gasteiger charge is 2.09. The summed E-state index contributed by atoms with van der Waals surface area (Å²) in [5, 5.41) is 0. The Morgan fingerprint density at radius 3 is 1.70 bits per heavy atom. The first-order valence-corrected chi connectivity index (χ1v) is 15.3. The van der Waals surface area contributed by atoms with Crippen molar-refractivity contribution in [3.05, 3.63) is 59.7 Å². The number of ether oxygens (including phenoxy) is 3. The number of hydrogen-bond donors (Lipinski definition) is 0. The lowest BCUT2D eigenvalue weighted by atomic mass is 10.0. The zero-order valence-electron chi connectivity index (χ0n) is 25.1. The van der Waals surface area contributed by atoms with Crippen molar-refractivity contribution in [1.29, 1.82) is 0 Å². The molecule has 0 N–H and O–H groups in total. The smallest absolute Gasteiger partial charge is 0.311 e. The molecule has 0 fully saturated rings. The van der Waals surface area contributed by atoms with E-state index in [2.05, 4.69) is 6.92 Å². The molecule has 0 aromatic heterocycles. The number of ketones is 1. The third kappa shape index (κ3) is 14.3. The fourth-order valence-electron chi connectivity index (χ4n) is 4.73. The zero-order chi connectivity index (χ0) is 28.8. The molecule has 220 valence electrons. The summed E-state index contributed by atoms with van der Waals surface area (Å²) in [6.45, 7) is 2.27. The highest BCUT2D eigenvalue weighted by Crippen LogP contribution is 2.24. The van der Waals surface area contributed by atoms with Crippen LogP contribution in [0.25, 0.3) is 6.08 Å². The highest BCUT2D eigenvalue weighted by atomic mass is 16.5. The number of allylic oxidation sites excluding steroid dienone is 1. The molecule has 0 spiro atoms. The molecule has 0 atom stereocenters. The molecule has 2 aromatic rings. The van der Waals surface area contributed by atoms with Crippen molar-refractivity contribution in [2.45, 2.75) is 110 Å². The topological polar surface area (TPSA) is 61.8 Å². The summed E-state index contributed by atoms with van der Waals surface area (Å²) in [4.78, 5) is 25.0. The van der Waals surface area contributed by atoms with Crippen LogP contribution in [0.1, 0.15) is 126 Å². The molecule has 0 unspecified atom stereocenters. The van der Waals surface area contributed by atoms with Gasteiger partial charge in [-0.15, -0.1) is 0 Å². The Labute approximate surface area is 242 Å². The predicted octanol–water partition coefficient (Wildman–Crippen LogP) is 9.77. The van der Waals surface area contributed by atoms with Crippen LogP contribution in [0.4, 0.5) is 0 Å². The number of esters is 1. The summed E-state index contributed by atoms with van der Waals surface area (Å²) < 4.78 is 16.1. The minimum Gasteiger partial charge on any atom is -0.497 e. The monoisotopic (exact) mass is 550 g/mol. The van der Waals surface area contributed by atoms with Crippen molar-refractivity contribution in [1.82, 2.24) is 0 Å². The maximum Gasteiger partial charge on any atom is 0.311 e. The van der Waals surface area contributed by atoms with Crippen LogP contribution in [0.15, 0.2) is 48.5 Å². The molecule has 0 saturated heterocycles. The van der Waals surface area contributed by atoms with E-state index >= 15 is 0 Å². The molecule has 2 aromatic carbocycles. The fraction of sp³-hybridized carbons (Fsp3) is 0.543. The van der Waals surface area contributed by atoms with E-state index in [0.717, 1.165) is 18.4 Å². The van der Waals surface area contributed by atoms with E-state index in [1.54, 1.807) is 50.6 Å². The number of methoxy groups -OCH3 is 2. The summed E-state index contributed by atoms with van der Waals surface area (Å²) in [5.41, 5.74) is 1.25. The summed E-state index contributed by atoms with van der Waals surface area (Å²) in [7, 11) is 3.17. The van der Waals surface area contributed by atoms with Gasteiger partial charge in [0, 0.05) is 18.1 Å². The number of unbranched alkanes of at least 4 members (excludes halogenated alkanes) is 14. The second kappa shape index (κ2) is 20.8. The van der Waals surface area contributed by atoms with Gasteiger partial charge in [-0.3, -0.25) is 9.59 Å². The van der Waals surface area contributed by atoms with Crippen molar-refractivity contribution in [3.8, 4) is 17.2 Å². The van der Waals surface area contributed by atoms with Gasteiger partial charge in [0.25, 0.3) is 0 Å². The Balaban J connectivity index is 1.60. The Hall–Kier alpha value is -3.08. The molecule has 5 nitrogen and oxygen atoms in total. The third-order valence-corrected chi connectivity index (χ3v) is 7.14. The van der Waals surface area contributed by atoms with E-state index in [-0.39, 0.29) is 11.8 Å². The van der Waals surface area contributed by atoms with Crippen LogP contribution in [0, 0.1) is 0 Å². The average molecular weight is 551 g/mol. The van der Waals surface area contributed by atoms with Crippen LogP contribution in [-0.4, -0.2) is 26.0 Å². The van der Waals surface area contributed by atoms with Gasteiger partial charge in [0.2, 0.25) is 0 Å². The first kappa shape index (κ1) is 33.1. The second-order valence-corrected chi connectivity index (χ2v) is 10.5. The summed E-state index contributed by atoms with van der Waals surface area (Å²) in [6, 6.07) is 12.2. The van der Waals surface area contributed by atoms with Crippen molar-refractivity contribution >= 4 is 17.8 Å². The standard InChI is InChI=1S/C35H50O5/c1-4-5-6-7-8-9-10-11-12-13-14-15-16-17-18-22-35(37)40-31-21-19-20-30(27-31)34(36)24-23-29-25-32(38-2)28-33(26-29)39-3/h19-21,23-28H,4-18,22H2,1-3H3/b24-23+. The van der Waals surface area contributed by atoms with Crippen molar-refractivity contribution in [2.75, 3.05) is 14.2 Å². The molecule has 0 saturated carbocycles. The van der Waals surface area contributed by atoms with Gasteiger partial charge in [0.15, 0.2) is 5.78 Å². The summed E-state index contributed by atoms with van der Waals surface area (Å²) in [5.74, 6) is 1.26. The minimum absolute atomic E-state index is 0.179. The molecule has 2 rings (SSSR count). The lowest BCUT2D eigenvalue weighted by Crippen LogP contribution is -2.08. The van der Waals surface area contributed by atoms with Gasteiger partial charge in [0.05, 0.1) is 14.2 Å². The van der Waals surface area contributed by atoms with Crippen LogP contribution >= 0.6 is 0 Å². The molecular formula is C35H50O5. The van der Waals surface area contributed by atoms with Gasteiger partial charge in [-0.2, -0.15) is 0 Å². The van der Waals surface area contributed by atoms with Crippen molar-refractivity contribution in [3.63, 3.8) is 0 Å². The van der Waals surface area contributed by atoms with Gasteiger partial charge < -0.3 is 14.2 Å². The van der Waals surface area contributed by atoms with Crippen LogP contribution in [0.2, 0.25) is 0 Å². The van der Waals surface area contributed by atoms with E-state index in [1.165, 1.54) is 89.5 Å². The van der Waals surface area contributed by atoms with Gasteiger partial charge in [-0.1, -0.05) is 115 Å². The number of benzene rings is 2. The normalized spacial score (nSPS) is 11.1. The quantitative estimate of drug-likeness (QED) is 0.0480. The lowest BCUT2D eigenvalue weighted by Gasteiger charge is -2.06. The fourth-order valence-corrected chi connectivity index (χ4v) is 4.73. The van der Waals surface area contributed by atoms with E-state index in [0.29, 0.717) is 29.2 Å². The number of carbonyl (C=O) groups excluding carboxylic acids is 2. The molecular weight excluding hydrogens is 500 g/mol.